The minimum absolute atomic E-state index is 0.173. The first kappa shape index (κ1) is 16.9. The van der Waals surface area contributed by atoms with Gasteiger partial charge in [-0.15, -0.1) is 0 Å². The van der Waals surface area contributed by atoms with Crippen molar-refractivity contribution in [3.63, 3.8) is 0 Å². The van der Waals surface area contributed by atoms with Crippen LogP contribution < -0.4 is 20.1 Å². The Kier molecular flexibility index (Phi) is 4.58. The lowest BCUT2D eigenvalue weighted by molar-refractivity contribution is -0.126. The molecule has 0 saturated carbocycles. The maximum atomic E-state index is 12.3. The van der Waals surface area contributed by atoms with Gasteiger partial charge >= 0.3 is 0 Å². The van der Waals surface area contributed by atoms with Crippen molar-refractivity contribution in [2.75, 3.05) is 19.1 Å². The number of carbonyl (C=O) groups is 1. The molecule has 126 valence electrons. The Hall–Kier alpha value is -1.95. The van der Waals surface area contributed by atoms with Crippen molar-refractivity contribution in [2.45, 2.75) is 12.1 Å². The highest BCUT2D eigenvalue weighted by Gasteiger charge is 2.47. The molecule has 0 aromatic heterocycles. The number of nitrogens with two attached hydrogens (primary N) is 1. The van der Waals surface area contributed by atoms with Gasteiger partial charge in [-0.1, -0.05) is 29.3 Å². The van der Waals surface area contributed by atoms with E-state index in [1.165, 1.54) is 0 Å². The lowest BCUT2D eigenvalue weighted by Crippen LogP contribution is -2.63. The summed E-state index contributed by atoms with van der Waals surface area (Å²) in [5.41, 5.74) is 7.54. The van der Waals surface area contributed by atoms with Crippen molar-refractivity contribution in [3.8, 4) is 11.5 Å². The quantitative estimate of drug-likeness (QED) is 0.841. The maximum absolute atomic E-state index is 12.3. The van der Waals surface area contributed by atoms with Crippen LogP contribution in [0.2, 0.25) is 10.0 Å². The average molecular weight is 367 g/mol. The monoisotopic (exact) mass is 366 g/mol. The number of β-lactam (4-membered cyclic amide) rings is 1. The summed E-state index contributed by atoms with van der Waals surface area (Å²) in [6, 6.07) is 9.59. The van der Waals surface area contributed by atoms with Crippen molar-refractivity contribution in [3.05, 3.63) is 52.0 Å². The number of ether oxygens (including phenoxy) is 2. The second-order valence-electron chi connectivity index (χ2n) is 5.39. The highest BCUT2D eigenvalue weighted by molar-refractivity contribution is 6.42. The molecule has 5 nitrogen and oxygen atoms in total. The van der Waals surface area contributed by atoms with Gasteiger partial charge in [0.25, 0.3) is 0 Å². The molecule has 24 heavy (non-hydrogen) atoms. The molecule has 1 aliphatic rings. The smallest absolute Gasteiger partial charge is 0.247 e. The fourth-order valence-electron chi connectivity index (χ4n) is 2.83. The third-order valence-electron chi connectivity index (χ3n) is 4.07. The second-order valence-corrected chi connectivity index (χ2v) is 6.21. The molecule has 2 N–H and O–H groups in total. The zero-order valence-electron chi connectivity index (χ0n) is 13.1. The Labute approximate surface area is 149 Å². The molecule has 0 bridgehead atoms. The normalized spacial score (nSPS) is 19.9. The molecular weight excluding hydrogens is 351 g/mol. The molecule has 0 unspecified atom stereocenters. The zero-order chi connectivity index (χ0) is 17.4. The van der Waals surface area contributed by atoms with Gasteiger partial charge in [-0.25, -0.2) is 0 Å². The van der Waals surface area contributed by atoms with E-state index < -0.39 is 6.04 Å². The Morgan fingerprint density at radius 1 is 1.00 bits per heavy atom. The van der Waals surface area contributed by atoms with Crippen LogP contribution in [0.25, 0.3) is 0 Å². The Bertz CT molecular complexity index is 797. The van der Waals surface area contributed by atoms with Crippen LogP contribution >= 0.6 is 23.2 Å². The van der Waals surface area contributed by atoms with E-state index in [9.17, 15) is 4.79 Å². The van der Waals surface area contributed by atoms with Crippen molar-refractivity contribution < 1.29 is 14.3 Å². The Morgan fingerprint density at radius 2 is 1.71 bits per heavy atom. The van der Waals surface area contributed by atoms with Crippen molar-refractivity contribution in [2.24, 2.45) is 5.73 Å². The second kappa shape index (κ2) is 6.51. The van der Waals surface area contributed by atoms with E-state index >= 15 is 0 Å². The van der Waals surface area contributed by atoms with Crippen molar-refractivity contribution >= 4 is 34.8 Å². The summed E-state index contributed by atoms with van der Waals surface area (Å²) >= 11 is 12.0. The number of halogens is 2. The summed E-state index contributed by atoms with van der Waals surface area (Å²) < 4.78 is 10.6. The van der Waals surface area contributed by atoms with Crippen LogP contribution in [0, 0.1) is 0 Å². The van der Waals surface area contributed by atoms with E-state index in [1.54, 1.807) is 43.4 Å². The molecule has 3 rings (SSSR count). The predicted molar refractivity (Wildman–Crippen MR) is 94.2 cm³/mol. The number of nitrogens with zero attached hydrogens (tertiary/aromatic N) is 1. The van der Waals surface area contributed by atoms with Gasteiger partial charge in [0, 0.05) is 5.69 Å². The summed E-state index contributed by atoms with van der Waals surface area (Å²) in [4.78, 5) is 13.9. The minimum Gasteiger partial charge on any atom is -0.493 e. The highest BCUT2D eigenvalue weighted by Crippen LogP contribution is 2.42. The lowest BCUT2D eigenvalue weighted by atomic mass is 9.88. The summed E-state index contributed by atoms with van der Waals surface area (Å²) in [7, 11) is 3.13. The molecule has 1 aliphatic heterocycles. The lowest BCUT2D eigenvalue weighted by Gasteiger charge is -2.45. The number of anilines is 1. The first-order chi connectivity index (χ1) is 11.5. The molecule has 2 aromatic carbocycles. The van der Waals surface area contributed by atoms with E-state index in [2.05, 4.69) is 0 Å². The van der Waals surface area contributed by atoms with Crippen LogP contribution in [-0.4, -0.2) is 26.2 Å². The van der Waals surface area contributed by atoms with Gasteiger partial charge in [0.1, 0.15) is 6.04 Å². The van der Waals surface area contributed by atoms with E-state index in [0.717, 1.165) is 5.56 Å². The SMILES string of the molecule is COc1ccc([C@@H]2[C@@H](N)C(=O)N2c2ccc(Cl)c(Cl)c2)cc1OC. The molecule has 1 amide bonds. The number of methoxy groups -OCH3 is 2. The third kappa shape index (κ3) is 2.69. The molecular formula is C17H16Cl2N2O3. The molecule has 2 aromatic rings. The van der Waals surface area contributed by atoms with Crippen LogP contribution in [0.15, 0.2) is 36.4 Å². The van der Waals surface area contributed by atoms with Crippen LogP contribution in [0.3, 0.4) is 0 Å². The summed E-state index contributed by atoms with van der Waals surface area (Å²) in [6.45, 7) is 0. The average Bonchev–Trinajstić information content (AvgIpc) is 2.60. The van der Waals surface area contributed by atoms with Crippen LogP contribution in [0.5, 0.6) is 11.5 Å². The standard InChI is InChI=1S/C17H16Cl2N2O3/c1-23-13-6-3-9(7-14(13)24-2)16-15(20)17(22)21(16)10-4-5-11(18)12(19)8-10/h3-8,15-16H,20H2,1-2H3/t15-,16-/m1/s1. The summed E-state index contributed by atoms with van der Waals surface area (Å²) in [5.74, 6) is 1.02. The largest absolute Gasteiger partial charge is 0.493 e. The van der Waals surface area contributed by atoms with Crippen LogP contribution in [0.4, 0.5) is 5.69 Å². The fourth-order valence-corrected chi connectivity index (χ4v) is 3.12. The van der Waals surface area contributed by atoms with E-state index in [4.69, 9.17) is 38.4 Å². The Balaban J connectivity index is 1.99. The summed E-state index contributed by atoms with van der Waals surface area (Å²) in [6.07, 6.45) is 0. The van der Waals surface area contributed by atoms with Crippen LogP contribution in [0.1, 0.15) is 11.6 Å². The number of benzene rings is 2. The Morgan fingerprint density at radius 3 is 2.33 bits per heavy atom. The number of hydrogen-bond donors (Lipinski definition) is 1. The van der Waals surface area contributed by atoms with Gasteiger partial charge in [0.05, 0.1) is 30.3 Å². The maximum Gasteiger partial charge on any atom is 0.247 e. The van der Waals surface area contributed by atoms with Crippen molar-refractivity contribution in [1.29, 1.82) is 0 Å². The number of hydrogen-bond acceptors (Lipinski definition) is 4. The van der Waals surface area contributed by atoms with Crippen molar-refractivity contribution in [1.82, 2.24) is 0 Å². The number of carbonyl (C=O) groups excluding carboxylic acids is 1. The first-order valence-corrected chi connectivity index (χ1v) is 7.99. The molecule has 1 saturated heterocycles. The molecule has 1 heterocycles. The molecule has 0 spiro atoms. The molecule has 2 atom stereocenters. The topological polar surface area (TPSA) is 64.8 Å². The molecule has 0 aliphatic carbocycles. The van der Waals surface area contributed by atoms with E-state index in [0.29, 0.717) is 27.2 Å². The minimum atomic E-state index is -0.627. The molecule has 0 radical (unpaired) electrons. The van der Waals surface area contributed by atoms with Gasteiger partial charge in [0.15, 0.2) is 11.5 Å². The fraction of sp³-hybridized carbons (Fsp3) is 0.235. The zero-order valence-corrected chi connectivity index (χ0v) is 14.6. The van der Waals surface area contributed by atoms with Gasteiger partial charge < -0.3 is 20.1 Å². The van der Waals surface area contributed by atoms with E-state index in [-0.39, 0.29) is 11.9 Å². The first-order valence-electron chi connectivity index (χ1n) is 7.23. The molecule has 1 fully saturated rings. The predicted octanol–water partition coefficient (Wildman–Crippen LogP) is 3.43. The van der Waals surface area contributed by atoms with Gasteiger partial charge in [0.2, 0.25) is 5.91 Å². The van der Waals surface area contributed by atoms with Gasteiger partial charge in [-0.05, 0) is 35.9 Å². The van der Waals surface area contributed by atoms with E-state index in [1.807, 2.05) is 12.1 Å². The summed E-state index contributed by atoms with van der Waals surface area (Å²) in [5, 5.41) is 0.814. The number of amides is 1. The molecule has 7 heteroatoms. The van der Waals surface area contributed by atoms with Gasteiger partial charge in [-0.3, -0.25) is 4.79 Å². The number of rotatable bonds is 4. The van der Waals surface area contributed by atoms with Gasteiger partial charge in [-0.2, -0.15) is 0 Å². The highest BCUT2D eigenvalue weighted by atomic mass is 35.5. The van der Waals surface area contributed by atoms with Crippen LogP contribution in [-0.2, 0) is 4.79 Å². The third-order valence-corrected chi connectivity index (χ3v) is 4.81.